The second kappa shape index (κ2) is 15.4. The van der Waals surface area contributed by atoms with Crippen molar-refractivity contribution >= 4 is 35.0 Å². The summed E-state index contributed by atoms with van der Waals surface area (Å²) in [7, 11) is 1.61. The molecule has 0 aliphatic heterocycles. The van der Waals surface area contributed by atoms with E-state index in [-0.39, 0.29) is 30.8 Å². The number of hydrogen-bond acceptors (Lipinski definition) is 4. The predicted octanol–water partition coefficient (Wildman–Crippen LogP) is 6.72. The van der Waals surface area contributed by atoms with Crippen molar-refractivity contribution in [2.75, 3.05) is 13.7 Å². The van der Waals surface area contributed by atoms with Crippen molar-refractivity contribution in [3.63, 3.8) is 0 Å². The van der Waals surface area contributed by atoms with Crippen LogP contribution in [0.5, 0.6) is 11.5 Å². The Kier molecular flexibility index (Phi) is 12.0. The molecule has 3 aromatic carbocycles. The van der Waals surface area contributed by atoms with Crippen molar-refractivity contribution in [1.29, 1.82) is 0 Å². The molecular weight excluding hydrogens is 535 g/mol. The van der Waals surface area contributed by atoms with Crippen LogP contribution in [-0.4, -0.2) is 42.5 Å². The maximum atomic E-state index is 13.7. The Labute approximate surface area is 241 Å². The summed E-state index contributed by atoms with van der Waals surface area (Å²) in [5.41, 5.74) is 1.76. The Balaban J connectivity index is 1.80. The molecule has 0 spiro atoms. The number of methoxy groups -OCH3 is 1. The third-order valence-electron chi connectivity index (χ3n) is 6.47. The maximum Gasteiger partial charge on any atom is 0.243 e. The van der Waals surface area contributed by atoms with Crippen molar-refractivity contribution in [2.45, 2.75) is 58.2 Å². The topological polar surface area (TPSA) is 67.9 Å². The van der Waals surface area contributed by atoms with Crippen molar-refractivity contribution in [3.05, 3.63) is 94.0 Å². The maximum absolute atomic E-state index is 13.7. The number of ether oxygens (including phenoxy) is 2. The number of nitrogens with one attached hydrogen (secondary N) is 1. The van der Waals surface area contributed by atoms with Crippen LogP contribution in [-0.2, 0) is 22.6 Å². The molecule has 0 fully saturated rings. The number of hydrogen-bond donors (Lipinski definition) is 1. The van der Waals surface area contributed by atoms with E-state index in [4.69, 9.17) is 32.7 Å². The predicted molar refractivity (Wildman–Crippen MR) is 157 cm³/mol. The summed E-state index contributed by atoms with van der Waals surface area (Å²) in [5, 5.41) is 3.91. The summed E-state index contributed by atoms with van der Waals surface area (Å²) in [6.45, 7) is 4.55. The van der Waals surface area contributed by atoms with Crippen LogP contribution in [0.1, 0.15) is 44.2 Å². The first-order chi connectivity index (χ1) is 18.8. The molecule has 0 radical (unpaired) electrons. The summed E-state index contributed by atoms with van der Waals surface area (Å²) in [6, 6.07) is 21.6. The van der Waals surface area contributed by atoms with Gasteiger partial charge in [0.05, 0.1) is 23.8 Å². The van der Waals surface area contributed by atoms with Crippen LogP contribution < -0.4 is 14.8 Å². The van der Waals surface area contributed by atoms with E-state index in [0.29, 0.717) is 35.2 Å². The van der Waals surface area contributed by atoms with Gasteiger partial charge in [-0.3, -0.25) is 9.59 Å². The van der Waals surface area contributed by atoms with Gasteiger partial charge in [0.2, 0.25) is 11.8 Å². The molecule has 6 nitrogen and oxygen atoms in total. The highest BCUT2D eigenvalue weighted by atomic mass is 35.5. The van der Waals surface area contributed by atoms with Gasteiger partial charge in [0, 0.05) is 25.4 Å². The van der Waals surface area contributed by atoms with Gasteiger partial charge in [-0.15, -0.1) is 0 Å². The zero-order chi connectivity index (χ0) is 28.2. The first-order valence-electron chi connectivity index (χ1n) is 13.1. The Hall–Kier alpha value is -3.22. The van der Waals surface area contributed by atoms with E-state index in [1.807, 2.05) is 74.5 Å². The molecule has 8 heteroatoms. The van der Waals surface area contributed by atoms with E-state index >= 15 is 0 Å². The molecule has 2 atom stereocenters. The fourth-order valence-corrected chi connectivity index (χ4v) is 4.38. The average Bonchev–Trinajstić information content (AvgIpc) is 2.95. The quantitative estimate of drug-likeness (QED) is 0.218. The van der Waals surface area contributed by atoms with E-state index in [2.05, 4.69) is 5.32 Å². The molecule has 0 aromatic heterocycles. The largest absolute Gasteiger partial charge is 0.497 e. The Morgan fingerprint density at radius 1 is 0.923 bits per heavy atom. The molecule has 0 saturated heterocycles. The molecule has 0 saturated carbocycles. The van der Waals surface area contributed by atoms with Gasteiger partial charge in [0.25, 0.3) is 0 Å². The molecule has 1 N–H and O–H groups in total. The van der Waals surface area contributed by atoms with E-state index < -0.39 is 6.04 Å². The molecule has 3 rings (SSSR count). The van der Waals surface area contributed by atoms with Gasteiger partial charge < -0.3 is 19.7 Å². The molecule has 0 aliphatic rings. The van der Waals surface area contributed by atoms with Crippen LogP contribution >= 0.6 is 23.2 Å². The minimum absolute atomic E-state index is 0.0180. The number of rotatable bonds is 14. The molecule has 0 heterocycles. The van der Waals surface area contributed by atoms with Gasteiger partial charge in [-0.05, 0) is 67.3 Å². The first kappa shape index (κ1) is 30.3. The molecule has 0 bridgehead atoms. The van der Waals surface area contributed by atoms with Crippen molar-refractivity contribution < 1.29 is 19.1 Å². The number of halogens is 2. The lowest BCUT2D eigenvalue weighted by Gasteiger charge is -2.32. The van der Waals surface area contributed by atoms with Crippen molar-refractivity contribution in [2.24, 2.45) is 0 Å². The molecule has 0 aliphatic carbocycles. The minimum Gasteiger partial charge on any atom is -0.497 e. The third-order valence-corrected chi connectivity index (χ3v) is 7.21. The fourth-order valence-electron chi connectivity index (χ4n) is 4.06. The zero-order valence-electron chi connectivity index (χ0n) is 22.7. The van der Waals surface area contributed by atoms with Crippen LogP contribution in [0.3, 0.4) is 0 Å². The summed E-state index contributed by atoms with van der Waals surface area (Å²) in [4.78, 5) is 28.9. The number of benzene rings is 3. The highest BCUT2D eigenvalue weighted by Gasteiger charge is 2.30. The average molecular weight is 572 g/mol. The van der Waals surface area contributed by atoms with Gasteiger partial charge in [-0.25, -0.2) is 0 Å². The first-order valence-corrected chi connectivity index (χ1v) is 13.9. The van der Waals surface area contributed by atoms with Gasteiger partial charge in [0.15, 0.2) is 0 Å². The lowest BCUT2D eigenvalue weighted by atomic mass is 10.0. The Morgan fingerprint density at radius 3 is 2.26 bits per heavy atom. The standard InChI is InChI=1S/C31H36Cl2N2O4/c1-4-22(2)34-31(37)29(20-23-9-6-5-7-10-23)35(21-24-12-17-27(32)28(33)19-24)30(36)11-8-18-39-26-15-13-25(38-3)14-16-26/h5-7,9-10,12-17,19,22,29H,4,8,11,18,20-21H2,1-3H3,(H,34,37)/t22-,29+/m1/s1. The van der Waals surface area contributed by atoms with Crippen LogP contribution in [0.4, 0.5) is 0 Å². The number of carbonyl (C=O) groups excluding carboxylic acids is 2. The summed E-state index contributed by atoms with van der Waals surface area (Å²) in [5.74, 6) is 1.12. The summed E-state index contributed by atoms with van der Waals surface area (Å²) >= 11 is 12.4. The van der Waals surface area contributed by atoms with Crippen molar-refractivity contribution in [3.8, 4) is 11.5 Å². The van der Waals surface area contributed by atoms with Crippen LogP contribution in [0.15, 0.2) is 72.8 Å². The third kappa shape index (κ3) is 9.48. The molecule has 0 unspecified atom stereocenters. The number of carbonyl (C=O) groups is 2. The fraction of sp³-hybridized carbons (Fsp3) is 0.355. The van der Waals surface area contributed by atoms with Crippen LogP contribution in [0.2, 0.25) is 10.0 Å². The second-order valence-corrected chi connectivity index (χ2v) is 10.2. The van der Waals surface area contributed by atoms with Crippen molar-refractivity contribution in [1.82, 2.24) is 10.2 Å². The smallest absolute Gasteiger partial charge is 0.243 e. The molecule has 3 aromatic rings. The zero-order valence-corrected chi connectivity index (χ0v) is 24.2. The lowest BCUT2D eigenvalue weighted by Crippen LogP contribution is -2.52. The normalized spacial score (nSPS) is 12.3. The van der Waals surface area contributed by atoms with E-state index in [1.165, 1.54) is 0 Å². The van der Waals surface area contributed by atoms with E-state index in [9.17, 15) is 9.59 Å². The van der Waals surface area contributed by atoms with Gasteiger partial charge >= 0.3 is 0 Å². The molecule has 39 heavy (non-hydrogen) atoms. The van der Waals surface area contributed by atoms with Gasteiger partial charge in [-0.2, -0.15) is 0 Å². The highest BCUT2D eigenvalue weighted by molar-refractivity contribution is 6.42. The van der Waals surface area contributed by atoms with Crippen LogP contribution in [0, 0.1) is 0 Å². The number of amides is 2. The van der Waals surface area contributed by atoms with E-state index in [0.717, 1.165) is 23.3 Å². The van der Waals surface area contributed by atoms with Gasteiger partial charge in [0.1, 0.15) is 17.5 Å². The summed E-state index contributed by atoms with van der Waals surface area (Å²) in [6.07, 6.45) is 1.89. The monoisotopic (exact) mass is 570 g/mol. The Morgan fingerprint density at radius 2 is 1.62 bits per heavy atom. The van der Waals surface area contributed by atoms with E-state index in [1.54, 1.807) is 24.1 Å². The number of nitrogens with zero attached hydrogens (tertiary/aromatic N) is 1. The minimum atomic E-state index is -0.703. The highest BCUT2D eigenvalue weighted by Crippen LogP contribution is 2.25. The SMILES string of the molecule is CC[C@@H](C)NC(=O)[C@H](Cc1ccccc1)N(Cc1ccc(Cl)c(Cl)c1)C(=O)CCCOc1ccc(OC)cc1. The molecule has 2 amide bonds. The van der Waals surface area contributed by atoms with Crippen LogP contribution in [0.25, 0.3) is 0 Å². The molecular formula is C31H36Cl2N2O4. The molecule has 208 valence electrons. The lowest BCUT2D eigenvalue weighted by molar-refractivity contribution is -0.141. The summed E-state index contributed by atoms with van der Waals surface area (Å²) < 4.78 is 11.0. The second-order valence-electron chi connectivity index (χ2n) is 9.42. The Bertz CT molecular complexity index is 1200. The van der Waals surface area contributed by atoms with Gasteiger partial charge in [-0.1, -0.05) is 66.5 Å².